The largest absolute Gasteiger partial charge is 0.0997 e. The van der Waals surface area contributed by atoms with E-state index in [1.807, 2.05) is 0 Å². The van der Waals surface area contributed by atoms with Crippen molar-refractivity contribution in [3.63, 3.8) is 0 Å². The first-order chi connectivity index (χ1) is 2.97. The van der Waals surface area contributed by atoms with E-state index in [1.165, 1.54) is 0 Å². The molecule has 0 radical (unpaired) electrons. The summed E-state index contributed by atoms with van der Waals surface area (Å²) in [6.45, 7) is 0. The summed E-state index contributed by atoms with van der Waals surface area (Å²) >= 11 is 0. The second-order valence-electron chi connectivity index (χ2n) is 1.75. The highest BCUT2D eigenvalue weighted by atomic mass is 31.1. The average molecular weight is 96.1 g/mol. The highest BCUT2D eigenvalue weighted by Crippen LogP contribution is 2.37. The van der Waals surface area contributed by atoms with E-state index in [0.717, 1.165) is 11.6 Å². The van der Waals surface area contributed by atoms with Crippen molar-refractivity contribution in [1.82, 2.24) is 0 Å². The fraction of sp³-hybridized carbons (Fsp3) is 0.400. The van der Waals surface area contributed by atoms with Crippen LogP contribution >= 0.6 is 8.20 Å². The Morgan fingerprint density at radius 2 is 2.17 bits per heavy atom. The van der Waals surface area contributed by atoms with Gasteiger partial charge in [0.25, 0.3) is 0 Å². The molecule has 0 aromatic carbocycles. The Morgan fingerprint density at radius 1 is 1.33 bits per heavy atom. The van der Waals surface area contributed by atoms with Gasteiger partial charge in [0.1, 0.15) is 0 Å². The lowest BCUT2D eigenvalue weighted by molar-refractivity contribution is 0.828. The Balaban J connectivity index is 2.40. The maximum absolute atomic E-state index is 2.34. The number of hydrogen-bond donors (Lipinski definition) is 0. The zero-order valence-electron chi connectivity index (χ0n) is 3.33. The fourth-order valence-corrected chi connectivity index (χ4v) is 1.69. The van der Waals surface area contributed by atoms with Gasteiger partial charge in [-0.15, -0.1) is 0 Å². The van der Waals surface area contributed by atoms with E-state index in [9.17, 15) is 0 Å². The number of fused-ring (bicyclic) bond motifs is 1. The fourth-order valence-electron chi connectivity index (χ4n) is 0.723. The topological polar surface area (TPSA) is 0 Å². The predicted molar refractivity (Wildman–Crippen MR) is 29.4 cm³/mol. The van der Waals surface area contributed by atoms with Crippen molar-refractivity contribution in [2.24, 2.45) is 5.92 Å². The number of rotatable bonds is 0. The molecule has 1 heterocycles. The molecule has 6 heavy (non-hydrogen) atoms. The van der Waals surface area contributed by atoms with Crippen LogP contribution < -0.4 is 0 Å². The standard InChI is InChI=1S/C5H5P/c1-2-5-4(1)3-6-5/h1-5H/t4-,5-/m1/s1. The van der Waals surface area contributed by atoms with E-state index < -0.39 is 0 Å². The Morgan fingerprint density at radius 3 is 2.17 bits per heavy atom. The summed E-state index contributed by atoms with van der Waals surface area (Å²) in [5.74, 6) is 3.23. The minimum atomic E-state index is 0.895. The molecule has 0 bridgehead atoms. The molecule has 0 N–H and O–H groups in total. The maximum atomic E-state index is 2.34. The molecule has 0 unspecified atom stereocenters. The molecule has 1 aliphatic carbocycles. The first-order valence-corrected chi connectivity index (χ1v) is 3.22. The van der Waals surface area contributed by atoms with Crippen molar-refractivity contribution in [3.05, 3.63) is 12.2 Å². The highest BCUT2D eigenvalue weighted by Gasteiger charge is 2.26. The third kappa shape index (κ3) is 0.171. The molecular formula is C5H5P. The summed E-state index contributed by atoms with van der Waals surface area (Å²) in [4.78, 5) is 0. The molecule has 0 amide bonds. The molecule has 0 nitrogen and oxygen atoms in total. The van der Waals surface area contributed by atoms with Gasteiger partial charge in [0, 0.05) is 11.6 Å². The molecule has 2 aliphatic rings. The second-order valence-corrected chi connectivity index (χ2v) is 2.94. The molecule has 1 heteroatoms. The second kappa shape index (κ2) is 0.764. The normalized spacial score (nSPS) is 49.3. The molecule has 0 fully saturated rings. The third-order valence-electron chi connectivity index (χ3n) is 1.36. The summed E-state index contributed by atoms with van der Waals surface area (Å²) < 4.78 is 0. The molecule has 0 spiro atoms. The predicted octanol–water partition coefficient (Wildman–Crippen LogP) is 1.30. The van der Waals surface area contributed by atoms with Crippen LogP contribution in [0.4, 0.5) is 0 Å². The van der Waals surface area contributed by atoms with Crippen LogP contribution in [0.1, 0.15) is 0 Å². The first-order valence-electron chi connectivity index (χ1n) is 2.18. The van der Waals surface area contributed by atoms with Crippen molar-refractivity contribution in [3.8, 4) is 0 Å². The van der Waals surface area contributed by atoms with Gasteiger partial charge in [-0.05, 0) is 0 Å². The van der Waals surface area contributed by atoms with Crippen LogP contribution in [0.2, 0.25) is 0 Å². The van der Waals surface area contributed by atoms with Gasteiger partial charge >= 0.3 is 0 Å². The van der Waals surface area contributed by atoms with Crippen LogP contribution in [0.3, 0.4) is 0 Å². The monoisotopic (exact) mass is 96.0 g/mol. The van der Waals surface area contributed by atoms with Gasteiger partial charge in [0.2, 0.25) is 0 Å². The Kier molecular flexibility index (Phi) is 0.380. The van der Waals surface area contributed by atoms with Crippen molar-refractivity contribution in [2.75, 3.05) is 0 Å². The zero-order chi connectivity index (χ0) is 3.98. The highest BCUT2D eigenvalue weighted by molar-refractivity contribution is 7.42. The van der Waals surface area contributed by atoms with Crippen LogP contribution in [0.5, 0.6) is 0 Å². The SMILES string of the molecule is C1=C[C@H]2P=C[C@@H]12. The third-order valence-corrected chi connectivity index (χ3v) is 2.73. The van der Waals surface area contributed by atoms with Gasteiger partial charge < -0.3 is 0 Å². The van der Waals surface area contributed by atoms with Gasteiger partial charge in [0.15, 0.2) is 0 Å². The van der Waals surface area contributed by atoms with Crippen LogP contribution in [0, 0.1) is 5.92 Å². The average Bonchev–Trinajstić information content (AvgIpc) is 1.54. The first kappa shape index (κ1) is 2.98. The quantitative estimate of drug-likeness (QED) is 0.315. The van der Waals surface area contributed by atoms with Gasteiger partial charge in [0.05, 0.1) is 0 Å². The smallest absolute Gasteiger partial charge is 0.0287 e. The van der Waals surface area contributed by atoms with E-state index >= 15 is 0 Å². The number of hydrogen-bond acceptors (Lipinski definition) is 0. The van der Waals surface area contributed by atoms with Gasteiger partial charge in [-0.25, -0.2) is 0 Å². The van der Waals surface area contributed by atoms with Crippen LogP contribution in [0.15, 0.2) is 12.2 Å². The molecule has 0 saturated carbocycles. The lowest BCUT2D eigenvalue weighted by atomic mass is 9.96. The summed E-state index contributed by atoms with van der Waals surface area (Å²) in [5, 5.41) is 0. The minimum absolute atomic E-state index is 0.895. The Hall–Kier alpha value is -0.0900. The van der Waals surface area contributed by atoms with Crippen LogP contribution in [-0.2, 0) is 0 Å². The molecule has 30 valence electrons. The lowest BCUT2D eigenvalue weighted by Crippen LogP contribution is -2.26. The molecule has 1 aliphatic heterocycles. The van der Waals surface area contributed by atoms with E-state index in [2.05, 4.69) is 17.9 Å². The van der Waals surface area contributed by atoms with E-state index in [0.29, 0.717) is 0 Å². The van der Waals surface area contributed by atoms with Gasteiger partial charge in [-0.3, -0.25) is 0 Å². The Labute approximate surface area is 38.7 Å². The molecular weight excluding hydrogens is 91.0 g/mol. The summed E-state index contributed by atoms with van der Waals surface area (Å²) in [5.41, 5.74) is 0.949. The lowest BCUT2D eigenvalue weighted by Gasteiger charge is -2.30. The molecule has 0 saturated heterocycles. The van der Waals surface area contributed by atoms with Crippen molar-refractivity contribution < 1.29 is 0 Å². The number of allylic oxidation sites excluding steroid dienone is 2. The van der Waals surface area contributed by atoms with E-state index in [-0.39, 0.29) is 0 Å². The summed E-state index contributed by atoms with van der Waals surface area (Å²) in [6, 6.07) is 0. The summed E-state index contributed by atoms with van der Waals surface area (Å²) in [6.07, 6.45) is 4.55. The van der Waals surface area contributed by atoms with E-state index in [1.54, 1.807) is 8.20 Å². The van der Waals surface area contributed by atoms with E-state index in [4.69, 9.17) is 0 Å². The molecule has 2 rings (SSSR count). The van der Waals surface area contributed by atoms with Gasteiger partial charge in [-0.1, -0.05) is 26.2 Å². The van der Waals surface area contributed by atoms with Gasteiger partial charge in [-0.2, -0.15) is 0 Å². The van der Waals surface area contributed by atoms with Crippen molar-refractivity contribution in [2.45, 2.75) is 5.66 Å². The Bertz CT molecular complexity index is 95.9. The zero-order valence-corrected chi connectivity index (χ0v) is 4.23. The molecule has 0 aromatic rings. The molecule has 2 atom stereocenters. The van der Waals surface area contributed by atoms with Crippen molar-refractivity contribution in [1.29, 1.82) is 0 Å². The van der Waals surface area contributed by atoms with Crippen LogP contribution in [-0.4, -0.2) is 11.5 Å². The van der Waals surface area contributed by atoms with Crippen molar-refractivity contribution >= 4 is 14.0 Å². The molecule has 0 aromatic heterocycles. The maximum Gasteiger partial charge on any atom is 0.0287 e. The summed E-state index contributed by atoms with van der Waals surface area (Å²) in [7, 11) is 1.55. The van der Waals surface area contributed by atoms with Crippen LogP contribution in [0.25, 0.3) is 0 Å². The minimum Gasteiger partial charge on any atom is -0.0997 e.